The average Bonchev–Trinajstić information content (AvgIpc) is 1.28. The Morgan fingerprint density at radius 2 is 0.773 bits per heavy atom. The SMILES string of the molecule is Cc1cccc(N)c1C(=O)NC1C=CC=CC1C.Cc1ccccc1-n1c(CN)nc2cccc(C)c2c1=O.Cc1ccccc1-n1c(CN)nc2cccc(C)c2c1=O.Cc1nc(Cl)c2[nH]cnc2n1.Cc1nc(NCc2nc3cccc(C)c3c(=O)n2-c2ccccc2C)c2[nH]cnc2n1.NCc1nc2cccc(F)c2c(=O)n1-c1ccccc1Cl.Nc1cccc(F)c1C(=O)Nc1ccccc1Cl. The Balaban J connectivity index is 0.000000133. The zero-order chi connectivity index (χ0) is 101. The fraction of sp³-hybridized carbons (Fsp3) is 0.151. The number of hydrogen-bond donors (Lipinski definition) is 10. The molecule has 2 amide bonds. The Hall–Kier alpha value is -16.5. The van der Waals surface area contributed by atoms with Gasteiger partial charge in [0.1, 0.15) is 63.0 Å². The number of amides is 2. The molecule has 8 aromatic heterocycles. The molecule has 2 unspecified atom stereocenters. The van der Waals surface area contributed by atoms with Crippen LogP contribution in [-0.2, 0) is 26.2 Å². The zero-order valence-corrected chi connectivity index (χ0v) is 80.6. The molecule has 0 fully saturated rings. The standard InChI is InChI=1S/C23H21N7O.2C17H17N3O.C15H11ClFN3O.C15H18N2O.C13H10ClFN2O.C6H5ClN4/c1-13-7-4-5-10-17(13)30-18(29-16-9-6-8-14(2)19(16)23(30)31)11-24-21-20-22(26-12-25-20)28-15(3)27-21;2*1-11-6-3-4-9-14(11)20-15(10-18)19-13-8-5-7-12(2)16(13)17(20)21;16-9-4-1-2-7-12(9)20-13(8-18)19-11-6-3-5-10(17)14(11)15(20)21;1-10-6-3-4-9-13(10)17-15(18)14-11(2)7-5-8-12(14)16;14-8-4-1-2-7-11(8)17-13(18)12-9(15)5-3-6-10(12)16;1-3-10-5(7)4-6(11-3)9-2-8-4/h4-10,12H,11H2,1-3H3,(H2,24,25,26,27,28);2*3-9H,10,18H2,1-2H3;1-7H,8,18H2;3-10,13H,16H2,1-2H3,(H,17,18);1-7H,16H2,(H,17,18);2H,1H3,(H,8,9,10,11). The van der Waals surface area contributed by atoms with Crippen molar-refractivity contribution < 1.29 is 18.4 Å². The van der Waals surface area contributed by atoms with Crippen LogP contribution in [0, 0.1) is 79.9 Å². The summed E-state index contributed by atoms with van der Waals surface area (Å²) in [5, 5.41) is 11.9. The first-order valence-electron chi connectivity index (χ1n) is 44.5. The number of fused-ring (bicyclic) bond motifs is 6. The van der Waals surface area contributed by atoms with E-state index < -0.39 is 23.1 Å². The van der Waals surface area contributed by atoms with E-state index in [0.29, 0.717) is 146 Å². The topological polar surface area (TPSA) is 449 Å². The Labute approximate surface area is 822 Å². The van der Waals surface area contributed by atoms with Crippen molar-refractivity contribution in [2.24, 2.45) is 23.1 Å². The lowest BCUT2D eigenvalue weighted by Gasteiger charge is -2.22. The van der Waals surface area contributed by atoms with Crippen LogP contribution in [-0.4, -0.2) is 95.9 Å². The van der Waals surface area contributed by atoms with Crippen LogP contribution in [0.4, 0.5) is 31.7 Å². The molecule has 19 aromatic rings. The summed E-state index contributed by atoms with van der Waals surface area (Å²) in [7, 11) is 0. The summed E-state index contributed by atoms with van der Waals surface area (Å²) in [5.41, 5.74) is 44.0. The molecule has 0 bridgehead atoms. The Bertz CT molecular complexity index is 7890. The first-order chi connectivity index (χ1) is 67.9. The van der Waals surface area contributed by atoms with E-state index in [9.17, 15) is 37.5 Å². The highest BCUT2D eigenvalue weighted by Gasteiger charge is 2.25. The third-order valence-corrected chi connectivity index (χ3v) is 23.9. The number of aromatic nitrogens is 16. The van der Waals surface area contributed by atoms with E-state index in [1.165, 1.54) is 34.9 Å². The van der Waals surface area contributed by atoms with Gasteiger partial charge in [0.05, 0.1) is 133 Å². The number of carbonyl (C=O) groups excluding carboxylic acids is 2. The summed E-state index contributed by atoms with van der Waals surface area (Å²) >= 11 is 17.8. The Morgan fingerprint density at radius 1 is 0.390 bits per heavy atom. The van der Waals surface area contributed by atoms with Gasteiger partial charge in [-0.1, -0.05) is 206 Å². The fourth-order valence-electron chi connectivity index (χ4n) is 15.9. The molecule has 0 saturated carbocycles. The van der Waals surface area contributed by atoms with Crippen LogP contribution in [0.25, 0.3) is 88.7 Å². The number of carbonyl (C=O) groups is 2. The molecule has 0 aliphatic heterocycles. The number of benzene rings is 11. The molecule has 141 heavy (non-hydrogen) atoms. The summed E-state index contributed by atoms with van der Waals surface area (Å²) in [6, 6.07) is 67.8. The van der Waals surface area contributed by atoms with Crippen molar-refractivity contribution in [1.82, 2.24) is 83.4 Å². The molecule has 714 valence electrons. The van der Waals surface area contributed by atoms with Gasteiger partial charge >= 0.3 is 0 Å². The van der Waals surface area contributed by atoms with E-state index in [1.54, 1.807) is 93.9 Å². The summed E-state index contributed by atoms with van der Waals surface area (Å²) in [5.74, 6) is 2.22. The highest BCUT2D eigenvalue weighted by molar-refractivity contribution is 6.34. The number of hydrogen-bond acceptors (Lipinski definition) is 22. The monoisotopic (exact) mass is 1950 g/mol. The largest absolute Gasteiger partial charge is 0.398 e. The smallest absolute Gasteiger partial charge is 0.269 e. The molecule has 8 heterocycles. The minimum atomic E-state index is -0.667. The number of allylic oxidation sites excluding steroid dienone is 2. The summed E-state index contributed by atoms with van der Waals surface area (Å²) < 4.78 is 33.7. The van der Waals surface area contributed by atoms with E-state index >= 15 is 0 Å². The maximum atomic E-state index is 14.0. The van der Waals surface area contributed by atoms with Gasteiger partial charge in [-0.15, -0.1) is 0 Å². The number of para-hydroxylation sites is 5. The second-order valence-electron chi connectivity index (χ2n) is 32.7. The van der Waals surface area contributed by atoms with Gasteiger partial charge < -0.3 is 54.6 Å². The van der Waals surface area contributed by atoms with Crippen LogP contribution in [0.2, 0.25) is 15.2 Å². The maximum Gasteiger partial charge on any atom is 0.269 e. The highest BCUT2D eigenvalue weighted by Crippen LogP contribution is 2.30. The number of nitrogens with two attached hydrogens (primary N) is 5. The van der Waals surface area contributed by atoms with Crippen molar-refractivity contribution in [3.05, 3.63) is 421 Å². The van der Waals surface area contributed by atoms with Gasteiger partial charge in [-0.2, -0.15) is 0 Å². The molecule has 2 atom stereocenters. The van der Waals surface area contributed by atoms with Crippen LogP contribution in [0.15, 0.2) is 287 Å². The van der Waals surface area contributed by atoms with Crippen LogP contribution in [0.1, 0.15) is 102 Å². The number of imidazole rings is 2. The number of aromatic amines is 2. The normalized spacial score (nSPS) is 12.3. The van der Waals surface area contributed by atoms with Crippen molar-refractivity contribution >= 4 is 135 Å². The highest BCUT2D eigenvalue weighted by atomic mass is 35.5. The lowest BCUT2D eigenvalue weighted by Crippen LogP contribution is -2.38. The van der Waals surface area contributed by atoms with Gasteiger partial charge in [0.2, 0.25) is 0 Å². The van der Waals surface area contributed by atoms with E-state index in [2.05, 4.69) is 83.8 Å². The van der Waals surface area contributed by atoms with E-state index in [4.69, 9.17) is 68.5 Å². The molecule has 1 aliphatic rings. The van der Waals surface area contributed by atoms with Crippen molar-refractivity contribution in [1.29, 1.82) is 0 Å². The number of anilines is 4. The Morgan fingerprint density at radius 3 is 1.26 bits per heavy atom. The average molecular weight is 1950 g/mol. The molecule has 0 spiro atoms. The Kier molecular flexibility index (Phi) is 32.2. The maximum absolute atomic E-state index is 14.0. The molecule has 0 saturated heterocycles. The van der Waals surface area contributed by atoms with Crippen LogP contribution in [0.5, 0.6) is 0 Å². The lowest BCUT2D eigenvalue weighted by molar-refractivity contribution is 0.0937. The number of nitrogens with zero attached hydrogens (tertiary/aromatic N) is 14. The van der Waals surface area contributed by atoms with Crippen molar-refractivity contribution in [3.63, 3.8) is 0 Å². The number of H-pyrrole nitrogens is 2. The quantitative estimate of drug-likeness (QED) is 0.0357. The van der Waals surface area contributed by atoms with E-state index in [-0.39, 0.29) is 70.4 Å². The molecule has 1 aliphatic carbocycles. The number of nitrogens with one attached hydrogen (secondary N) is 5. The number of nitrogen functional groups attached to an aromatic ring is 2. The fourth-order valence-corrected chi connectivity index (χ4v) is 16.6. The van der Waals surface area contributed by atoms with Gasteiger partial charge in [-0.25, -0.2) is 58.6 Å². The van der Waals surface area contributed by atoms with E-state index in [1.807, 2.05) is 213 Å². The second-order valence-corrected chi connectivity index (χ2v) is 33.9. The molecule has 15 N–H and O–H groups in total. The summed E-state index contributed by atoms with van der Waals surface area (Å²) in [6.45, 7) is 20.1. The second kappa shape index (κ2) is 45.2. The van der Waals surface area contributed by atoms with Gasteiger partial charge in [0.25, 0.3) is 34.1 Å². The van der Waals surface area contributed by atoms with Gasteiger partial charge in [-0.3, -0.25) is 47.0 Å². The molecule has 0 radical (unpaired) electrons. The van der Waals surface area contributed by atoms with Crippen molar-refractivity contribution in [2.75, 3.05) is 22.1 Å². The third kappa shape index (κ3) is 22.5. The summed E-state index contributed by atoms with van der Waals surface area (Å²) in [4.78, 5) is 126. The van der Waals surface area contributed by atoms with Crippen molar-refractivity contribution in [3.8, 4) is 22.7 Å². The van der Waals surface area contributed by atoms with Gasteiger partial charge in [0.15, 0.2) is 22.3 Å². The predicted octanol–water partition coefficient (Wildman–Crippen LogP) is 18.2. The number of rotatable bonds is 14. The molecule has 11 aromatic carbocycles. The number of halogens is 5. The first kappa shape index (κ1) is 100. The van der Waals surface area contributed by atoms with Gasteiger partial charge in [-0.05, 0) is 198 Å². The lowest BCUT2D eigenvalue weighted by atomic mass is 9.96. The minimum absolute atomic E-state index is 0.0292. The van der Waals surface area contributed by atoms with E-state index in [0.717, 1.165) is 56.0 Å². The molecule has 35 heteroatoms. The summed E-state index contributed by atoms with van der Waals surface area (Å²) in [6.07, 6.45) is 11.2. The third-order valence-electron chi connectivity index (χ3n) is 23.0. The van der Waals surface area contributed by atoms with Crippen LogP contribution >= 0.6 is 34.8 Å². The predicted molar refractivity (Wildman–Crippen MR) is 556 cm³/mol. The zero-order valence-electron chi connectivity index (χ0n) is 78.4. The first-order valence-corrected chi connectivity index (χ1v) is 45.6. The molecule has 30 nitrogen and oxygen atoms in total. The minimum Gasteiger partial charge on any atom is -0.398 e. The number of aryl methyl sites for hydroxylation is 9. The van der Waals surface area contributed by atoms with Gasteiger partial charge in [0, 0.05) is 11.4 Å². The van der Waals surface area contributed by atoms with Crippen LogP contribution in [0.3, 0.4) is 0 Å². The molecular weight excluding hydrogens is 1850 g/mol. The van der Waals surface area contributed by atoms with Crippen molar-refractivity contribution in [2.45, 2.75) is 101 Å². The molecule has 20 rings (SSSR count). The molecular formula is C106H99Cl3F2N24O6. The van der Waals surface area contributed by atoms with Crippen LogP contribution < -0.4 is 66.9 Å².